The van der Waals surface area contributed by atoms with Gasteiger partial charge in [-0.2, -0.15) is 17.2 Å². The van der Waals surface area contributed by atoms with E-state index in [-0.39, 0.29) is 27.7 Å². The van der Waals surface area contributed by atoms with E-state index in [4.69, 9.17) is 10.7 Å². The fourth-order valence-corrected chi connectivity index (χ4v) is 5.74. The molecule has 0 unspecified atom stereocenters. The van der Waals surface area contributed by atoms with E-state index in [1.54, 1.807) is 25.1 Å². The number of nitrogen functional groups attached to an aromatic ring is 1. The summed E-state index contributed by atoms with van der Waals surface area (Å²) in [5.74, 6) is -0.194. The number of nitrogens with one attached hydrogen (secondary N) is 1. The molecule has 202 valence electrons. The lowest BCUT2D eigenvalue weighted by molar-refractivity contribution is -0.0502. The summed E-state index contributed by atoms with van der Waals surface area (Å²) in [6.07, 6.45) is 0.838. The lowest BCUT2D eigenvalue weighted by atomic mass is 9.97. The average Bonchev–Trinajstić information content (AvgIpc) is 3.11. The number of alkyl halides is 2. The molecule has 2 aromatic heterocycles. The van der Waals surface area contributed by atoms with E-state index in [0.29, 0.717) is 35.1 Å². The zero-order chi connectivity index (χ0) is 27.8. The van der Waals surface area contributed by atoms with Crippen molar-refractivity contribution in [1.82, 2.24) is 14.7 Å². The Morgan fingerprint density at radius 3 is 2.53 bits per heavy atom. The molecule has 1 aromatic carbocycles. The van der Waals surface area contributed by atoms with E-state index in [9.17, 15) is 22.0 Å². The van der Waals surface area contributed by atoms with Crippen LogP contribution in [0, 0.1) is 12.8 Å². The largest absolute Gasteiger partial charge is 0.435 e. The van der Waals surface area contributed by atoms with Crippen LogP contribution in [0.5, 0.6) is 5.75 Å². The van der Waals surface area contributed by atoms with Gasteiger partial charge >= 0.3 is 6.61 Å². The molecule has 12 heteroatoms. The summed E-state index contributed by atoms with van der Waals surface area (Å²) < 4.78 is 57.7. The first-order valence-corrected chi connectivity index (χ1v) is 13.4. The molecule has 1 amide bonds. The normalized spacial score (nSPS) is 17.0. The monoisotopic (exact) mass is 545 g/mol. The van der Waals surface area contributed by atoms with Crippen molar-refractivity contribution in [2.75, 3.05) is 17.2 Å². The van der Waals surface area contributed by atoms with Crippen molar-refractivity contribution in [3.05, 3.63) is 59.7 Å². The zero-order valence-electron chi connectivity index (χ0n) is 21.4. The van der Waals surface area contributed by atoms with Crippen molar-refractivity contribution in [3.8, 4) is 17.0 Å². The van der Waals surface area contributed by atoms with E-state index in [0.717, 1.165) is 6.42 Å². The molecule has 38 heavy (non-hydrogen) atoms. The summed E-state index contributed by atoms with van der Waals surface area (Å²) in [6, 6.07) is 11.9. The van der Waals surface area contributed by atoms with Gasteiger partial charge < -0.3 is 15.4 Å². The Morgan fingerprint density at radius 2 is 1.92 bits per heavy atom. The van der Waals surface area contributed by atoms with Gasteiger partial charge in [-0.1, -0.05) is 13.0 Å². The number of halogens is 2. The lowest BCUT2D eigenvalue weighted by Crippen LogP contribution is -2.41. The molecule has 0 saturated carbocycles. The number of carbonyl (C=O) groups excluding carboxylic acids is 1. The highest BCUT2D eigenvalue weighted by Gasteiger charge is 2.39. The number of aromatic nitrogens is 2. The van der Waals surface area contributed by atoms with E-state index >= 15 is 0 Å². The minimum Gasteiger partial charge on any atom is -0.435 e. The first kappa shape index (κ1) is 27.2. The second-order valence-electron chi connectivity index (χ2n) is 9.99. The summed E-state index contributed by atoms with van der Waals surface area (Å²) in [7, 11) is -4.30. The van der Waals surface area contributed by atoms with Crippen molar-refractivity contribution in [2.45, 2.75) is 51.3 Å². The Morgan fingerprint density at radius 1 is 1.18 bits per heavy atom. The second kappa shape index (κ2) is 10.2. The Hall–Kier alpha value is -3.80. The third-order valence-corrected chi connectivity index (χ3v) is 7.61. The van der Waals surface area contributed by atoms with Crippen LogP contribution in [-0.4, -0.2) is 43.0 Å². The number of hydrogen-bond acceptors (Lipinski definition) is 8. The van der Waals surface area contributed by atoms with E-state index < -0.39 is 22.5 Å². The number of nitrogens with zero attached hydrogens (tertiary/aromatic N) is 3. The average molecular weight is 546 g/mol. The molecule has 1 fully saturated rings. The maximum Gasteiger partial charge on any atom is 0.387 e. The van der Waals surface area contributed by atoms with Gasteiger partial charge in [0.25, 0.3) is 15.9 Å². The van der Waals surface area contributed by atoms with Gasteiger partial charge in [-0.25, -0.2) is 14.7 Å². The van der Waals surface area contributed by atoms with Gasteiger partial charge in [0.15, 0.2) is 5.03 Å². The SMILES string of the molecule is Cc1cc(-c2ccc(C(=O)NS(=O)(=O)c3cccc(N)n3)c(N3C[C@@H](C)CC3(C)C)n2)ccc1OC(F)F. The summed E-state index contributed by atoms with van der Waals surface area (Å²) >= 11 is 0. The Kier molecular flexibility index (Phi) is 7.29. The molecule has 4 rings (SSSR count). The van der Waals surface area contributed by atoms with Crippen LogP contribution in [0.4, 0.5) is 20.4 Å². The fourth-order valence-electron chi connectivity index (χ4n) is 4.80. The Balaban J connectivity index is 1.76. The van der Waals surface area contributed by atoms with Crippen molar-refractivity contribution < 1.29 is 26.7 Å². The first-order valence-electron chi connectivity index (χ1n) is 11.9. The highest BCUT2D eigenvalue weighted by molar-refractivity contribution is 7.90. The standard InChI is InChI=1S/C26H29F2N5O4S/c1-15-13-26(3,4)33(14-15)23-18(24(34)32-38(35,36)22-7-5-6-21(29)31-22)9-10-19(30-23)17-8-11-20(16(2)12-17)37-25(27)28/h5-12,15,25H,13-14H2,1-4H3,(H2,29,31)(H,32,34)/t15-/m0/s1. The predicted molar refractivity (Wildman–Crippen MR) is 140 cm³/mol. The number of benzene rings is 1. The van der Waals surface area contributed by atoms with E-state index in [1.165, 1.54) is 30.3 Å². The van der Waals surface area contributed by atoms with Gasteiger partial charge in [0.1, 0.15) is 17.4 Å². The molecule has 3 aromatic rings. The van der Waals surface area contributed by atoms with Crippen LogP contribution in [0.2, 0.25) is 0 Å². The van der Waals surface area contributed by atoms with Gasteiger partial charge in [0.2, 0.25) is 0 Å². The van der Waals surface area contributed by atoms with Gasteiger partial charge in [0.05, 0.1) is 11.3 Å². The second-order valence-corrected chi connectivity index (χ2v) is 11.6. The minimum absolute atomic E-state index is 0.0000911. The molecule has 3 heterocycles. The maximum atomic E-state index is 13.3. The van der Waals surface area contributed by atoms with Crippen LogP contribution >= 0.6 is 0 Å². The third-order valence-electron chi connectivity index (χ3n) is 6.38. The van der Waals surface area contributed by atoms with Crippen molar-refractivity contribution in [2.24, 2.45) is 5.92 Å². The summed E-state index contributed by atoms with van der Waals surface area (Å²) in [4.78, 5) is 23.9. The molecule has 0 aliphatic carbocycles. The summed E-state index contributed by atoms with van der Waals surface area (Å²) in [5.41, 5.74) is 6.92. The van der Waals surface area contributed by atoms with Gasteiger partial charge in [-0.05, 0) is 81.1 Å². The number of aryl methyl sites for hydroxylation is 1. The van der Waals surface area contributed by atoms with Gasteiger partial charge in [-0.15, -0.1) is 0 Å². The molecule has 0 radical (unpaired) electrons. The quantitative estimate of drug-likeness (QED) is 0.448. The summed E-state index contributed by atoms with van der Waals surface area (Å²) in [6.45, 7) is 5.45. The number of rotatable bonds is 7. The molecule has 1 saturated heterocycles. The van der Waals surface area contributed by atoms with Crippen LogP contribution in [-0.2, 0) is 10.0 Å². The maximum absolute atomic E-state index is 13.3. The van der Waals surface area contributed by atoms with E-state index in [2.05, 4.69) is 21.4 Å². The first-order chi connectivity index (χ1) is 17.8. The fraction of sp³-hybridized carbons (Fsp3) is 0.346. The Labute approximate surface area is 220 Å². The predicted octanol–water partition coefficient (Wildman–Crippen LogP) is 4.38. The van der Waals surface area contributed by atoms with Gasteiger partial charge in [-0.3, -0.25) is 4.79 Å². The molecule has 0 spiro atoms. The molecule has 9 nitrogen and oxygen atoms in total. The summed E-state index contributed by atoms with van der Waals surface area (Å²) in [5, 5.41) is -0.381. The molecule has 1 atom stereocenters. The van der Waals surface area contributed by atoms with Crippen LogP contribution in [0.25, 0.3) is 11.3 Å². The third kappa shape index (κ3) is 5.69. The topological polar surface area (TPSA) is 128 Å². The van der Waals surface area contributed by atoms with Crippen LogP contribution in [0.15, 0.2) is 53.6 Å². The number of nitrogens with two attached hydrogens (primary N) is 1. The number of sulfonamides is 1. The molecule has 1 aliphatic rings. The highest BCUT2D eigenvalue weighted by atomic mass is 32.2. The Bertz CT molecular complexity index is 1480. The number of hydrogen-bond donors (Lipinski definition) is 2. The zero-order valence-corrected chi connectivity index (χ0v) is 22.2. The van der Waals surface area contributed by atoms with Gasteiger partial charge in [0, 0.05) is 17.6 Å². The van der Waals surface area contributed by atoms with Crippen LogP contribution in [0.3, 0.4) is 0 Å². The van der Waals surface area contributed by atoms with Crippen LogP contribution < -0.4 is 20.1 Å². The number of amides is 1. The van der Waals surface area contributed by atoms with E-state index in [1.807, 2.05) is 18.7 Å². The van der Waals surface area contributed by atoms with Crippen molar-refractivity contribution >= 4 is 27.6 Å². The molecule has 3 N–H and O–H groups in total. The number of carbonyl (C=O) groups is 1. The van der Waals surface area contributed by atoms with Crippen molar-refractivity contribution in [3.63, 3.8) is 0 Å². The lowest BCUT2D eigenvalue weighted by Gasteiger charge is -2.34. The van der Waals surface area contributed by atoms with Crippen molar-refractivity contribution in [1.29, 1.82) is 0 Å². The number of anilines is 2. The minimum atomic E-state index is -4.30. The van der Waals surface area contributed by atoms with Crippen LogP contribution in [0.1, 0.15) is 43.1 Å². The molecular formula is C26H29F2N5O4S. The molecule has 0 bridgehead atoms. The smallest absolute Gasteiger partial charge is 0.387 e. The molecule has 1 aliphatic heterocycles. The number of ether oxygens (including phenoxy) is 1. The molecular weight excluding hydrogens is 516 g/mol. The highest BCUT2D eigenvalue weighted by Crippen LogP contribution is 2.38. The number of pyridine rings is 2.